The minimum absolute atomic E-state index is 0.0874. The summed E-state index contributed by atoms with van der Waals surface area (Å²) in [6.07, 6.45) is 1.37. The number of ether oxygens (including phenoxy) is 3. The van der Waals surface area contributed by atoms with E-state index in [1.165, 1.54) is 0 Å². The van der Waals surface area contributed by atoms with Gasteiger partial charge in [-0.3, -0.25) is 14.5 Å². The molecule has 0 radical (unpaired) electrons. The Kier molecular flexibility index (Phi) is 6.00. The average Bonchev–Trinajstić information content (AvgIpc) is 3.13. The van der Waals surface area contributed by atoms with Crippen molar-refractivity contribution in [3.05, 3.63) is 48.0 Å². The number of anilines is 1. The Bertz CT molecular complexity index is 965. The SMILES string of the molecule is COc1cccc(N2C(=O)CSC23CCN(C(=O)c2c(OC)cccc2OC)CC3)c1. The van der Waals surface area contributed by atoms with E-state index in [2.05, 4.69) is 0 Å². The second kappa shape index (κ2) is 8.70. The number of hydrogen-bond donors (Lipinski definition) is 0. The Morgan fingerprint density at radius 1 is 0.968 bits per heavy atom. The topological polar surface area (TPSA) is 68.3 Å². The number of amides is 2. The molecule has 2 fully saturated rings. The summed E-state index contributed by atoms with van der Waals surface area (Å²) in [4.78, 5) is 29.5. The van der Waals surface area contributed by atoms with Gasteiger partial charge in [0.15, 0.2) is 0 Å². The highest BCUT2D eigenvalue weighted by Gasteiger charge is 2.49. The van der Waals surface area contributed by atoms with Gasteiger partial charge in [-0.05, 0) is 37.1 Å². The van der Waals surface area contributed by atoms with Crippen molar-refractivity contribution >= 4 is 29.3 Å². The molecule has 2 aromatic rings. The van der Waals surface area contributed by atoms with E-state index in [0.29, 0.717) is 54.5 Å². The van der Waals surface area contributed by atoms with Gasteiger partial charge in [0, 0.05) is 24.8 Å². The van der Waals surface area contributed by atoms with Gasteiger partial charge in [-0.15, -0.1) is 11.8 Å². The Hall–Kier alpha value is -2.87. The van der Waals surface area contributed by atoms with Crippen LogP contribution in [-0.4, -0.2) is 61.8 Å². The number of carbonyl (C=O) groups excluding carboxylic acids is 2. The lowest BCUT2D eigenvalue weighted by atomic mass is 9.99. The van der Waals surface area contributed by atoms with E-state index in [0.717, 1.165) is 5.69 Å². The van der Waals surface area contributed by atoms with Crippen LogP contribution in [0.3, 0.4) is 0 Å². The molecule has 1 spiro atoms. The molecular weight excluding hydrogens is 416 g/mol. The molecule has 0 N–H and O–H groups in total. The summed E-state index contributed by atoms with van der Waals surface area (Å²) in [5.41, 5.74) is 1.27. The Balaban J connectivity index is 1.56. The fourth-order valence-electron chi connectivity index (χ4n) is 4.33. The van der Waals surface area contributed by atoms with Crippen LogP contribution in [0.1, 0.15) is 23.2 Å². The van der Waals surface area contributed by atoms with Crippen LogP contribution in [0.5, 0.6) is 17.2 Å². The molecule has 0 unspecified atom stereocenters. The number of hydrogen-bond acceptors (Lipinski definition) is 6. The highest BCUT2D eigenvalue weighted by molar-refractivity contribution is 8.02. The standard InChI is InChI=1S/C23H26N2O5S/c1-28-17-7-4-6-16(14-17)25-20(26)15-31-23(25)10-12-24(13-11-23)22(27)21-18(29-2)8-5-9-19(21)30-3/h4-9,14H,10-13,15H2,1-3H3. The van der Waals surface area contributed by atoms with E-state index >= 15 is 0 Å². The van der Waals surface area contributed by atoms with Gasteiger partial charge in [0.05, 0.1) is 32.0 Å². The first-order chi connectivity index (χ1) is 15.0. The first-order valence-electron chi connectivity index (χ1n) is 10.1. The smallest absolute Gasteiger partial charge is 0.261 e. The highest BCUT2D eigenvalue weighted by atomic mass is 32.2. The molecule has 4 rings (SSSR count). The predicted octanol–water partition coefficient (Wildman–Crippen LogP) is 3.42. The Morgan fingerprint density at radius 2 is 1.61 bits per heavy atom. The predicted molar refractivity (Wildman–Crippen MR) is 120 cm³/mol. The number of nitrogens with zero attached hydrogens (tertiary/aromatic N) is 2. The second-order valence-electron chi connectivity index (χ2n) is 7.50. The van der Waals surface area contributed by atoms with Gasteiger partial charge in [0.2, 0.25) is 5.91 Å². The minimum atomic E-state index is -0.356. The number of benzene rings is 2. The molecule has 7 nitrogen and oxygen atoms in total. The molecule has 8 heteroatoms. The average molecular weight is 443 g/mol. The zero-order valence-electron chi connectivity index (χ0n) is 17.9. The molecule has 0 saturated carbocycles. The molecule has 2 heterocycles. The van der Waals surface area contributed by atoms with Crippen molar-refractivity contribution in [1.29, 1.82) is 0 Å². The summed E-state index contributed by atoms with van der Waals surface area (Å²) in [6, 6.07) is 12.9. The van der Waals surface area contributed by atoms with E-state index in [-0.39, 0.29) is 16.7 Å². The summed E-state index contributed by atoms with van der Waals surface area (Å²) in [6.45, 7) is 1.08. The lowest BCUT2D eigenvalue weighted by Gasteiger charge is -2.44. The van der Waals surface area contributed by atoms with E-state index in [1.54, 1.807) is 51.3 Å². The van der Waals surface area contributed by atoms with Crippen LogP contribution >= 0.6 is 11.8 Å². The number of piperidine rings is 1. The summed E-state index contributed by atoms with van der Waals surface area (Å²) in [7, 11) is 4.71. The maximum Gasteiger partial charge on any atom is 0.261 e. The molecule has 2 aromatic carbocycles. The van der Waals surface area contributed by atoms with Crippen LogP contribution in [0.2, 0.25) is 0 Å². The van der Waals surface area contributed by atoms with Crippen LogP contribution in [0.4, 0.5) is 5.69 Å². The summed E-state index contributed by atoms with van der Waals surface area (Å²) in [5.74, 6) is 2.11. The molecule has 0 atom stereocenters. The van der Waals surface area contributed by atoms with Gasteiger partial charge in [-0.25, -0.2) is 0 Å². The number of rotatable bonds is 5. The number of methoxy groups -OCH3 is 3. The van der Waals surface area contributed by atoms with Crippen molar-refractivity contribution in [3.63, 3.8) is 0 Å². The molecule has 164 valence electrons. The van der Waals surface area contributed by atoms with Crippen molar-refractivity contribution in [2.75, 3.05) is 45.1 Å². The van der Waals surface area contributed by atoms with Crippen LogP contribution in [-0.2, 0) is 4.79 Å². The van der Waals surface area contributed by atoms with Crippen LogP contribution < -0.4 is 19.1 Å². The molecule has 2 aliphatic heterocycles. The first-order valence-corrected chi connectivity index (χ1v) is 11.1. The van der Waals surface area contributed by atoms with Crippen molar-refractivity contribution in [2.24, 2.45) is 0 Å². The lowest BCUT2D eigenvalue weighted by Crippen LogP contribution is -2.53. The number of likely N-dealkylation sites (tertiary alicyclic amines) is 1. The molecule has 0 bridgehead atoms. The van der Waals surface area contributed by atoms with Crippen molar-refractivity contribution in [1.82, 2.24) is 4.90 Å². The number of thioether (sulfide) groups is 1. The van der Waals surface area contributed by atoms with Crippen molar-refractivity contribution in [2.45, 2.75) is 17.7 Å². The Labute approximate surface area is 186 Å². The third-order valence-electron chi connectivity index (χ3n) is 5.91. The lowest BCUT2D eigenvalue weighted by molar-refractivity contribution is -0.116. The first kappa shape index (κ1) is 21.4. The maximum absolute atomic E-state index is 13.3. The minimum Gasteiger partial charge on any atom is -0.497 e. The third kappa shape index (κ3) is 3.80. The molecule has 0 aromatic heterocycles. The van der Waals surface area contributed by atoms with Crippen LogP contribution in [0.25, 0.3) is 0 Å². The molecule has 2 aliphatic rings. The maximum atomic E-state index is 13.3. The molecule has 0 aliphatic carbocycles. The fraction of sp³-hybridized carbons (Fsp3) is 0.391. The van der Waals surface area contributed by atoms with Crippen molar-refractivity contribution < 1.29 is 23.8 Å². The monoisotopic (exact) mass is 442 g/mol. The normalized spacial score (nSPS) is 17.7. The number of carbonyl (C=O) groups is 2. The van der Waals surface area contributed by atoms with Gasteiger partial charge >= 0.3 is 0 Å². The van der Waals surface area contributed by atoms with Gasteiger partial charge in [-0.2, -0.15) is 0 Å². The quantitative estimate of drug-likeness (QED) is 0.707. The van der Waals surface area contributed by atoms with Gasteiger partial charge in [0.25, 0.3) is 5.91 Å². The summed E-state index contributed by atoms with van der Waals surface area (Å²) < 4.78 is 16.2. The summed E-state index contributed by atoms with van der Waals surface area (Å²) >= 11 is 1.66. The van der Waals surface area contributed by atoms with E-state index in [1.807, 2.05) is 34.1 Å². The molecule has 2 saturated heterocycles. The van der Waals surface area contributed by atoms with Gasteiger partial charge in [-0.1, -0.05) is 12.1 Å². The molecule has 31 heavy (non-hydrogen) atoms. The zero-order chi connectivity index (χ0) is 22.0. The second-order valence-corrected chi connectivity index (χ2v) is 8.83. The van der Waals surface area contributed by atoms with Crippen molar-refractivity contribution in [3.8, 4) is 17.2 Å². The molecule has 2 amide bonds. The van der Waals surface area contributed by atoms with E-state index in [4.69, 9.17) is 14.2 Å². The largest absolute Gasteiger partial charge is 0.497 e. The van der Waals surface area contributed by atoms with Crippen LogP contribution in [0, 0.1) is 0 Å². The summed E-state index contributed by atoms with van der Waals surface area (Å²) in [5, 5.41) is 0. The van der Waals surface area contributed by atoms with E-state index in [9.17, 15) is 9.59 Å². The molecular formula is C23H26N2O5S. The fourth-order valence-corrected chi connectivity index (χ4v) is 5.66. The zero-order valence-corrected chi connectivity index (χ0v) is 18.7. The Morgan fingerprint density at radius 3 is 2.23 bits per heavy atom. The van der Waals surface area contributed by atoms with Gasteiger partial charge in [0.1, 0.15) is 22.8 Å². The third-order valence-corrected chi connectivity index (χ3v) is 7.43. The van der Waals surface area contributed by atoms with Crippen LogP contribution in [0.15, 0.2) is 42.5 Å². The van der Waals surface area contributed by atoms with E-state index < -0.39 is 0 Å². The van der Waals surface area contributed by atoms with Gasteiger partial charge < -0.3 is 19.1 Å². The highest BCUT2D eigenvalue weighted by Crippen LogP contribution is 2.47.